The molecule has 6 heteroatoms. The first-order valence-electron chi connectivity index (χ1n) is 9.43. The lowest BCUT2D eigenvalue weighted by Crippen LogP contribution is -2.47. The van der Waals surface area contributed by atoms with Crippen molar-refractivity contribution in [3.05, 3.63) is 46.6 Å². The topological polar surface area (TPSA) is 55.2 Å². The van der Waals surface area contributed by atoms with Crippen LogP contribution in [-0.2, 0) is 0 Å². The molecule has 1 aromatic heterocycles. The molecule has 0 radical (unpaired) electrons. The highest BCUT2D eigenvalue weighted by atomic mass is 19.1. The second kappa shape index (κ2) is 7.46. The minimum absolute atomic E-state index is 0.0642. The lowest BCUT2D eigenvalue weighted by Gasteiger charge is -2.41. The number of hydrogen-bond acceptors (Lipinski definition) is 5. The SMILES string of the molecule is N#Cc1ccc(N2CCN(C(=C3CCC3)C3=C(F)CCNC3)CC2)nc1. The first-order valence-corrected chi connectivity index (χ1v) is 9.43. The Morgan fingerprint density at radius 1 is 1.15 bits per heavy atom. The number of aromatic nitrogens is 1. The number of rotatable bonds is 3. The van der Waals surface area contributed by atoms with E-state index < -0.39 is 0 Å². The number of pyridine rings is 1. The third-order valence-electron chi connectivity index (χ3n) is 5.53. The lowest BCUT2D eigenvalue weighted by atomic mass is 9.86. The summed E-state index contributed by atoms with van der Waals surface area (Å²) in [6.07, 6.45) is 5.54. The standard InChI is InChI=1S/C20H24FN5/c21-18-6-7-23-14-17(18)20(16-2-1-3-16)26-10-8-25(9-11-26)19-5-4-15(12-22)13-24-19/h4-5,13,23H,1-3,6-11,14H2. The van der Waals surface area contributed by atoms with Crippen LogP contribution in [0.2, 0.25) is 0 Å². The van der Waals surface area contributed by atoms with Crippen LogP contribution < -0.4 is 10.2 Å². The maximum atomic E-state index is 14.5. The van der Waals surface area contributed by atoms with E-state index in [-0.39, 0.29) is 5.83 Å². The Morgan fingerprint density at radius 2 is 1.96 bits per heavy atom. The molecule has 0 spiro atoms. The molecule has 0 atom stereocenters. The monoisotopic (exact) mass is 353 g/mol. The van der Waals surface area contributed by atoms with Gasteiger partial charge in [0.15, 0.2) is 0 Å². The zero-order chi connectivity index (χ0) is 17.9. The number of hydrogen-bond donors (Lipinski definition) is 1. The molecule has 3 heterocycles. The molecule has 1 aromatic rings. The zero-order valence-electron chi connectivity index (χ0n) is 15.0. The van der Waals surface area contributed by atoms with Gasteiger partial charge >= 0.3 is 0 Å². The number of nitrogens with zero attached hydrogens (tertiary/aromatic N) is 4. The molecule has 0 amide bonds. The number of anilines is 1. The molecule has 4 rings (SSSR count). The van der Waals surface area contributed by atoms with Gasteiger partial charge in [-0.25, -0.2) is 9.37 Å². The molecule has 0 aromatic carbocycles. The molecular formula is C20H24FN5. The van der Waals surface area contributed by atoms with Gasteiger partial charge in [0.1, 0.15) is 17.7 Å². The fourth-order valence-electron chi connectivity index (χ4n) is 3.89. The van der Waals surface area contributed by atoms with Gasteiger partial charge in [-0.05, 0) is 37.0 Å². The summed E-state index contributed by atoms with van der Waals surface area (Å²) in [4.78, 5) is 9.01. The highest BCUT2D eigenvalue weighted by Crippen LogP contribution is 2.36. The van der Waals surface area contributed by atoms with Gasteiger partial charge in [0, 0.05) is 63.2 Å². The lowest BCUT2D eigenvalue weighted by molar-refractivity contribution is 0.311. The van der Waals surface area contributed by atoms with Gasteiger partial charge in [-0.1, -0.05) is 0 Å². The first kappa shape index (κ1) is 17.0. The fourth-order valence-corrected chi connectivity index (χ4v) is 3.89. The van der Waals surface area contributed by atoms with Crippen molar-refractivity contribution in [1.29, 1.82) is 5.26 Å². The maximum Gasteiger partial charge on any atom is 0.128 e. The summed E-state index contributed by atoms with van der Waals surface area (Å²) in [5.41, 5.74) is 4.06. The van der Waals surface area contributed by atoms with Crippen molar-refractivity contribution in [2.24, 2.45) is 0 Å². The van der Waals surface area contributed by atoms with Crippen LogP contribution in [0.3, 0.4) is 0 Å². The molecular weight excluding hydrogens is 329 g/mol. The van der Waals surface area contributed by atoms with Crippen LogP contribution in [0.1, 0.15) is 31.2 Å². The van der Waals surface area contributed by atoms with E-state index in [1.54, 1.807) is 6.20 Å². The average molecular weight is 353 g/mol. The predicted molar refractivity (Wildman–Crippen MR) is 99.2 cm³/mol. The zero-order valence-corrected chi connectivity index (χ0v) is 15.0. The average Bonchev–Trinajstić information content (AvgIpc) is 2.66. The second-order valence-electron chi connectivity index (χ2n) is 7.11. The third kappa shape index (κ3) is 3.32. The molecule has 0 bridgehead atoms. The molecule has 2 fully saturated rings. The maximum absolute atomic E-state index is 14.5. The Labute approximate surface area is 153 Å². The van der Waals surface area contributed by atoms with E-state index in [9.17, 15) is 4.39 Å². The number of nitrogens with one attached hydrogen (secondary N) is 1. The highest BCUT2D eigenvalue weighted by molar-refractivity contribution is 5.44. The molecule has 1 saturated heterocycles. The van der Waals surface area contributed by atoms with Gasteiger partial charge in [-0.15, -0.1) is 0 Å². The smallest absolute Gasteiger partial charge is 0.128 e. The molecule has 1 saturated carbocycles. The van der Waals surface area contributed by atoms with Crippen LogP contribution in [0.4, 0.5) is 10.2 Å². The summed E-state index contributed by atoms with van der Waals surface area (Å²) in [6, 6.07) is 5.82. The Hall–Kier alpha value is -2.39. The van der Waals surface area contributed by atoms with Crippen molar-refractivity contribution in [2.75, 3.05) is 44.2 Å². The highest BCUT2D eigenvalue weighted by Gasteiger charge is 2.29. The van der Waals surface area contributed by atoms with Gasteiger partial charge in [0.25, 0.3) is 0 Å². The van der Waals surface area contributed by atoms with Gasteiger partial charge < -0.3 is 15.1 Å². The largest absolute Gasteiger partial charge is 0.368 e. The number of allylic oxidation sites excluding steroid dienone is 1. The minimum atomic E-state index is 0.0642. The first-order chi connectivity index (χ1) is 12.8. The van der Waals surface area contributed by atoms with Crippen LogP contribution in [0, 0.1) is 11.3 Å². The number of piperazine rings is 1. The molecule has 3 aliphatic rings. The molecule has 2 aliphatic heterocycles. The Kier molecular flexibility index (Phi) is 4.89. The Bertz CT molecular complexity index is 760. The van der Waals surface area contributed by atoms with Crippen molar-refractivity contribution in [3.8, 4) is 6.07 Å². The van der Waals surface area contributed by atoms with Gasteiger partial charge in [-0.3, -0.25) is 0 Å². The fraction of sp³-hybridized carbons (Fsp3) is 0.500. The quantitative estimate of drug-likeness (QED) is 0.906. The van der Waals surface area contributed by atoms with Crippen molar-refractivity contribution >= 4 is 5.82 Å². The number of nitriles is 1. The van der Waals surface area contributed by atoms with E-state index in [4.69, 9.17) is 5.26 Å². The van der Waals surface area contributed by atoms with Crippen LogP contribution in [0.15, 0.2) is 41.0 Å². The van der Waals surface area contributed by atoms with Crippen molar-refractivity contribution in [3.63, 3.8) is 0 Å². The minimum Gasteiger partial charge on any atom is -0.368 e. The molecule has 5 nitrogen and oxygen atoms in total. The van der Waals surface area contributed by atoms with E-state index >= 15 is 0 Å². The predicted octanol–water partition coefficient (Wildman–Crippen LogP) is 2.73. The van der Waals surface area contributed by atoms with Crippen LogP contribution in [0.5, 0.6) is 0 Å². The molecule has 1 N–H and O–H groups in total. The van der Waals surface area contributed by atoms with Gasteiger partial charge in [0.2, 0.25) is 0 Å². The van der Waals surface area contributed by atoms with Crippen molar-refractivity contribution in [2.45, 2.75) is 25.7 Å². The van der Waals surface area contributed by atoms with E-state index in [0.717, 1.165) is 57.0 Å². The summed E-state index contributed by atoms with van der Waals surface area (Å²) < 4.78 is 14.5. The summed E-state index contributed by atoms with van der Waals surface area (Å²) in [5, 5.41) is 12.2. The summed E-state index contributed by atoms with van der Waals surface area (Å²) >= 11 is 0. The Morgan fingerprint density at radius 3 is 2.54 bits per heavy atom. The van der Waals surface area contributed by atoms with Crippen molar-refractivity contribution < 1.29 is 4.39 Å². The Balaban J connectivity index is 1.49. The van der Waals surface area contributed by atoms with Crippen LogP contribution in [-0.4, -0.2) is 49.2 Å². The van der Waals surface area contributed by atoms with Gasteiger partial charge in [-0.2, -0.15) is 5.26 Å². The van der Waals surface area contributed by atoms with Crippen LogP contribution in [0.25, 0.3) is 0 Å². The second-order valence-corrected chi connectivity index (χ2v) is 7.11. The summed E-state index contributed by atoms with van der Waals surface area (Å²) in [5.74, 6) is 0.973. The van der Waals surface area contributed by atoms with Gasteiger partial charge in [0.05, 0.1) is 5.56 Å². The molecule has 1 aliphatic carbocycles. The van der Waals surface area contributed by atoms with E-state index in [2.05, 4.69) is 26.2 Å². The normalized spacial score (nSPS) is 20.7. The summed E-state index contributed by atoms with van der Waals surface area (Å²) in [6.45, 7) is 4.84. The van der Waals surface area contributed by atoms with E-state index in [1.807, 2.05) is 12.1 Å². The third-order valence-corrected chi connectivity index (χ3v) is 5.53. The van der Waals surface area contributed by atoms with E-state index in [1.165, 1.54) is 17.7 Å². The summed E-state index contributed by atoms with van der Waals surface area (Å²) in [7, 11) is 0. The molecule has 0 unspecified atom stereocenters. The van der Waals surface area contributed by atoms with Crippen molar-refractivity contribution in [1.82, 2.24) is 15.2 Å². The van der Waals surface area contributed by atoms with E-state index in [0.29, 0.717) is 18.5 Å². The molecule has 26 heavy (non-hydrogen) atoms. The van der Waals surface area contributed by atoms with Crippen LogP contribution >= 0.6 is 0 Å². The number of halogens is 1. The molecule has 136 valence electrons.